The fraction of sp³-hybridized carbons (Fsp3) is 0.250. The molecular weight excluding hydrogens is 364 g/mol. The summed E-state index contributed by atoms with van der Waals surface area (Å²) in [7, 11) is 0. The van der Waals surface area contributed by atoms with Crippen LogP contribution in [0.1, 0.15) is 27.0 Å². The number of anilines is 2. The summed E-state index contributed by atoms with van der Waals surface area (Å²) in [6.45, 7) is 5.48. The van der Waals surface area contributed by atoms with Crippen molar-refractivity contribution in [3.63, 3.8) is 0 Å². The Morgan fingerprint density at radius 2 is 1.48 bits per heavy atom. The first-order chi connectivity index (χ1) is 12.8. The van der Waals surface area contributed by atoms with Crippen LogP contribution in [0.15, 0.2) is 36.4 Å². The van der Waals surface area contributed by atoms with Gasteiger partial charge in [0.25, 0.3) is 0 Å². The molecule has 2 aromatic rings. The molecule has 0 heterocycles. The molecule has 0 atom stereocenters. The Morgan fingerprint density at radius 1 is 0.889 bits per heavy atom. The third-order valence-corrected chi connectivity index (χ3v) is 4.81. The summed E-state index contributed by atoms with van der Waals surface area (Å²) < 4.78 is 0. The molecule has 7 heteroatoms. The Bertz CT molecular complexity index is 863. The van der Waals surface area contributed by atoms with Crippen LogP contribution >= 0.6 is 11.8 Å². The molecule has 2 rings (SSSR count). The molecule has 0 radical (unpaired) electrons. The minimum Gasteiger partial charge on any atom is -0.478 e. The van der Waals surface area contributed by atoms with Crippen LogP contribution in [-0.2, 0) is 9.59 Å². The van der Waals surface area contributed by atoms with Crippen LogP contribution in [0.3, 0.4) is 0 Å². The maximum atomic E-state index is 12.1. The van der Waals surface area contributed by atoms with E-state index in [9.17, 15) is 19.5 Å². The Morgan fingerprint density at radius 3 is 2.07 bits per heavy atom. The lowest BCUT2D eigenvalue weighted by Gasteiger charge is -2.11. The number of rotatable bonds is 7. The van der Waals surface area contributed by atoms with Gasteiger partial charge in [-0.3, -0.25) is 9.59 Å². The van der Waals surface area contributed by atoms with E-state index in [0.29, 0.717) is 16.9 Å². The molecule has 0 unspecified atom stereocenters. The zero-order valence-electron chi connectivity index (χ0n) is 15.5. The summed E-state index contributed by atoms with van der Waals surface area (Å²) in [5.74, 6) is -1.26. The minimum absolute atomic E-state index is 0.0943. The number of carbonyl (C=O) groups excluding carboxylic acids is 2. The number of amides is 2. The topological polar surface area (TPSA) is 95.5 Å². The molecule has 0 spiro atoms. The number of benzene rings is 2. The predicted molar refractivity (Wildman–Crippen MR) is 109 cm³/mol. The zero-order chi connectivity index (χ0) is 20.0. The highest BCUT2D eigenvalue weighted by atomic mass is 32.2. The van der Waals surface area contributed by atoms with Crippen LogP contribution in [0.4, 0.5) is 11.4 Å². The van der Waals surface area contributed by atoms with Gasteiger partial charge in [-0.05, 0) is 50.1 Å². The van der Waals surface area contributed by atoms with Crippen molar-refractivity contribution < 1.29 is 19.5 Å². The number of carbonyl (C=O) groups is 3. The Kier molecular flexibility index (Phi) is 7.01. The Balaban J connectivity index is 1.84. The average molecular weight is 386 g/mol. The van der Waals surface area contributed by atoms with Gasteiger partial charge in [0.2, 0.25) is 11.8 Å². The molecular formula is C20H22N2O4S. The molecule has 0 saturated heterocycles. The van der Waals surface area contributed by atoms with Gasteiger partial charge in [-0.15, -0.1) is 11.8 Å². The number of thioether (sulfide) groups is 1. The molecule has 0 aromatic heterocycles. The van der Waals surface area contributed by atoms with Crippen molar-refractivity contribution in [2.24, 2.45) is 0 Å². The van der Waals surface area contributed by atoms with Gasteiger partial charge in [0.1, 0.15) is 0 Å². The predicted octanol–water partition coefficient (Wildman–Crippen LogP) is 3.62. The highest BCUT2D eigenvalue weighted by molar-refractivity contribution is 8.00. The molecule has 0 saturated carbocycles. The van der Waals surface area contributed by atoms with Gasteiger partial charge >= 0.3 is 5.97 Å². The van der Waals surface area contributed by atoms with E-state index in [1.807, 2.05) is 31.2 Å². The van der Waals surface area contributed by atoms with Gasteiger partial charge < -0.3 is 15.7 Å². The quantitative estimate of drug-likeness (QED) is 0.675. The van der Waals surface area contributed by atoms with E-state index in [-0.39, 0.29) is 28.9 Å². The maximum absolute atomic E-state index is 12.1. The van der Waals surface area contributed by atoms with Crippen molar-refractivity contribution in [1.29, 1.82) is 0 Å². The number of aryl methyl sites for hydroxylation is 3. The molecule has 142 valence electrons. The SMILES string of the molecule is Cc1ccc(NC(=O)CSCC(=O)Nc2cc(C(=O)O)c(C)cc2C)cc1. The molecule has 2 aromatic carbocycles. The number of nitrogens with one attached hydrogen (secondary N) is 2. The fourth-order valence-electron chi connectivity index (χ4n) is 2.47. The van der Waals surface area contributed by atoms with E-state index < -0.39 is 5.97 Å². The highest BCUT2D eigenvalue weighted by Gasteiger charge is 2.13. The molecule has 0 bridgehead atoms. The van der Waals surface area contributed by atoms with Gasteiger partial charge in [0, 0.05) is 11.4 Å². The molecule has 0 aliphatic rings. The van der Waals surface area contributed by atoms with Crippen molar-refractivity contribution in [2.45, 2.75) is 20.8 Å². The maximum Gasteiger partial charge on any atom is 0.336 e. The molecule has 3 N–H and O–H groups in total. The lowest BCUT2D eigenvalue weighted by atomic mass is 10.0. The van der Waals surface area contributed by atoms with Crippen LogP contribution in [0, 0.1) is 20.8 Å². The standard InChI is InChI=1S/C20H22N2O4S/c1-12-4-6-15(7-5-12)21-18(23)10-27-11-19(24)22-17-9-16(20(25)26)13(2)8-14(17)3/h4-9H,10-11H2,1-3H3,(H,21,23)(H,22,24)(H,25,26). The summed E-state index contributed by atoms with van der Waals surface area (Å²) in [4.78, 5) is 35.2. The van der Waals surface area contributed by atoms with Gasteiger partial charge in [-0.2, -0.15) is 0 Å². The molecule has 2 amide bonds. The van der Waals surface area contributed by atoms with Crippen molar-refractivity contribution in [2.75, 3.05) is 22.1 Å². The first-order valence-corrected chi connectivity index (χ1v) is 9.50. The Hall–Kier alpha value is -2.80. The minimum atomic E-state index is -1.04. The van der Waals surface area contributed by atoms with E-state index in [4.69, 9.17) is 0 Å². The highest BCUT2D eigenvalue weighted by Crippen LogP contribution is 2.21. The molecule has 0 fully saturated rings. The summed E-state index contributed by atoms with van der Waals surface area (Å²) >= 11 is 1.19. The number of carboxylic acid groups (broad SMARTS) is 1. The van der Waals surface area contributed by atoms with Crippen LogP contribution < -0.4 is 10.6 Å². The average Bonchev–Trinajstić information content (AvgIpc) is 2.59. The van der Waals surface area contributed by atoms with E-state index in [1.54, 1.807) is 19.9 Å². The van der Waals surface area contributed by atoms with Gasteiger partial charge in [-0.1, -0.05) is 23.8 Å². The van der Waals surface area contributed by atoms with Crippen molar-refractivity contribution in [3.8, 4) is 0 Å². The smallest absolute Gasteiger partial charge is 0.336 e. The van der Waals surface area contributed by atoms with E-state index in [0.717, 1.165) is 11.1 Å². The number of hydrogen-bond donors (Lipinski definition) is 3. The van der Waals surface area contributed by atoms with Crippen LogP contribution in [0.2, 0.25) is 0 Å². The lowest BCUT2D eigenvalue weighted by molar-refractivity contribution is -0.114. The van der Waals surface area contributed by atoms with E-state index >= 15 is 0 Å². The van der Waals surface area contributed by atoms with Crippen LogP contribution in [0.25, 0.3) is 0 Å². The molecule has 27 heavy (non-hydrogen) atoms. The zero-order valence-corrected chi connectivity index (χ0v) is 16.3. The normalized spacial score (nSPS) is 10.3. The van der Waals surface area contributed by atoms with E-state index in [1.165, 1.54) is 17.8 Å². The summed E-state index contributed by atoms with van der Waals surface area (Å²) in [6.07, 6.45) is 0. The second-order valence-electron chi connectivity index (χ2n) is 6.24. The molecule has 0 aliphatic carbocycles. The van der Waals surface area contributed by atoms with Gasteiger partial charge in [-0.25, -0.2) is 4.79 Å². The summed E-state index contributed by atoms with van der Waals surface area (Å²) in [6, 6.07) is 10.6. The first kappa shape index (κ1) is 20.5. The van der Waals surface area contributed by atoms with Gasteiger partial charge in [0.15, 0.2) is 0 Å². The summed E-state index contributed by atoms with van der Waals surface area (Å²) in [5.41, 5.74) is 3.87. The second kappa shape index (κ2) is 9.23. The monoisotopic (exact) mass is 386 g/mol. The van der Waals surface area contributed by atoms with Crippen molar-refractivity contribution in [3.05, 3.63) is 58.7 Å². The number of aromatic carboxylic acids is 1. The van der Waals surface area contributed by atoms with Gasteiger partial charge in [0.05, 0.1) is 17.1 Å². The van der Waals surface area contributed by atoms with Crippen molar-refractivity contribution >= 4 is 40.9 Å². The van der Waals surface area contributed by atoms with Crippen LogP contribution in [-0.4, -0.2) is 34.4 Å². The molecule has 6 nitrogen and oxygen atoms in total. The third-order valence-electron chi connectivity index (χ3n) is 3.88. The number of carboxylic acids is 1. The summed E-state index contributed by atoms with van der Waals surface area (Å²) in [5, 5.41) is 14.7. The largest absolute Gasteiger partial charge is 0.478 e. The fourth-order valence-corrected chi connectivity index (χ4v) is 3.09. The number of hydrogen-bond acceptors (Lipinski definition) is 4. The van der Waals surface area contributed by atoms with Crippen molar-refractivity contribution in [1.82, 2.24) is 0 Å². The lowest BCUT2D eigenvalue weighted by Crippen LogP contribution is -2.19. The Labute approximate surface area is 162 Å². The first-order valence-electron chi connectivity index (χ1n) is 8.35. The third kappa shape index (κ3) is 6.14. The second-order valence-corrected chi connectivity index (χ2v) is 7.23. The molecule has 0 aliphatic heterocycles. The van der Waals surface area contributed by atoms with Crippen LogP contribution in [0.5, 0.6) is 0 Å². The van der Waals surface area contributed by atoms with E-state index in [2.05, 4.69) is 10.6 Å².